The van der Waals surface area contributed by atoms with E-state index in [9.17, 15) is 0 Å². The second-order valence-electron chi connectivity index (χ2n) is 5.39. The number of aryl methyl sites for hydroxylation is 1. The Balaban J connectivity index is 2.03. The molecule has 1 aromatic heterocycles. The van der Waals surface area contributed by atoms with Crippen LogP contribution in [0.5, 0.6) is 0 Å². The molecule has 4 heteroatoms. The zero-order valence-electron chi connectivity index (χ0n) is 12.3. The first-order valence-corrected chi connectivity index (χ1v) is 7.16. The Hall–Kier alpha value is -1.13. The van der Waals surface area contributed by atoms with Crippen molar-refractivity contribution in [3.8, 4) is 0 Å². The van der Waals surface area contributed by atoms with E-state index >= 15 is 0 Å². The van der Waals surface area contributed by atoms with Gasteiger partial charge in [-0.15, -0.1) is 0 Å². The van der Waals surface area contributed by atoms with Crippen molar-refractivity contribution in [1.29, 1.82) is 0 Å². The maximum absolute atomic E-state index is 6.08. The Morgan fingerprint density at radius 1 is 1.47 bits per heavy atom. The predicted octanol–water partition coefficient (Wildman–Crippen LogP) is 2.28. The van der Waals surface area contributed by atoms with Gasteiger partial charge in [0.25, 0.3) is 0 Å². The van der Waals surface area contributed by atoms with Crippen LogP contribution in [0.2, 0.25) is 0 Å². The van der Waals surface area contributed by atoms with Crippen molar-refractivity contribution in [3.63, 3.8) is 0 Å². The van der Waals surface area contributed by atoms with Gasteiger partial charge >= 0.3 is 0 Å². The molecule has 2 N–H and O–H groups in total. The molecule has 1 atom stereocenters. The number of ether oxygens (including phenoxy) is 1. The van der Waals surface area contributed by atoms with Crippen molar-refractivity contribution in [2.24, 2.45) is 0 Å². The fraction of sp³-hybridized carbons (Fsp3) is 0.667. The average Bonchev–Trinajstić information content (AvgIpc) is 2.91. The van der Waals surface area contributed by atoms with Crippen LogP contribution in [0.3, 0.4) is 0 Å². The van der Waals surface area contributed by atoms with Crippen molar-refractivity contribution in [1.82, 2.24) is 9.88 Å². The number of hydrogen-bond acceptors (Lipinski definition) is 4. The summed E-state index contributed by atoms with van der Waals surface area (Å²) >= 11 is 0. The lowest BCUT2D eigenvalue weighted by atomic mass is 10.1. The van der Waals surface area contributed by atoms with E-state index in [0.717, 1.165) is 48.7 Å². The van der Waals surface area contributed by atoms with Crippen molar-refractivity contribution < 1.29 is 4.74 Å². The first kappa shape index (κ1) is 14.3. The lowest BCUT2D eigenvalue weighted by molar-refractivity contribution is 0.0720. The third-order valence-electron chi connectivity index (χ3n) is 3.98. The average molecular weight is 263 g/mol. The Kier molecular flexibility index (Phi) is 4.77. The molecule has 2 rings (SSSR count). The van der Waals surface area contributed by atoms with Crippen LogP contribution >= 0.6 is 0 Å². The zero-order chi connectivity index (χ0) is 13.8. The van der Waals surface area contributed by atoms with E-state index in [1.165, 1.54) is 12.8 Å². The Morgan fingerprint density at radius 3 is 2.89 bits per heavy atom. The Morgan fingerprint density at radius 2 is 2.26 bits per heavy atom. The van der Waals surface area contributed by atoms with Crippen LogP contribution in [-0.2, 0) is 11.3 Å². The summed E-state index contributed by atoms with van der Waals surface area (Å²) in [7, 11) is 0. The molecule has 106 valence electrons. The topological polar surface area (TPSA) is 51.4 Å². The molecule has 0 spiro atoms. The number of hydrogen-bond donors (Lipinski definition) is 1. The minimum atomic E-state index is 0.392. The minimum Gasteiger partial charge on any atom is -0.398 e. The van der Waals surface area contributed by atoms with E-state index in [2.05, 4.69) is 23.7 Å². The number of nitrogens with zero attached hydrogens (tertiary/aromatic N) is 2. The second-order valence-corrected chi connectivity index (χ2v) is 5.39. The monoisotopic (exact) mass is 263 g/mol. The fourth-order valence-corrected chi connectivity index (χ4v) is 2.55. The molecule has 4 nitrogen and oxygen atoms in total. The van der Waals surface area contributed by atoms with Crippen LogP contribution in [0.15, 0.2) is 6.20 Å². The second kappa shape index (κ2) is 6.35. The maximum Gasteiger partial charge on any atom is 0.0702 e. The Bertz CT molecular complexity index is 428. The summed E-state index contributed by atoms with van der Waals surface area (Å²) in [5, 5.41) is 0. The molecule has 1 saturated heterocycles. The zero-order valence-corrected chi connectivity index (χ0v) is 12.3. The molecule has 0 aromatic carbocycles. The summed E-state index contributed by atoms with van der Waals surface area (Å²) in [5.41, 5.74) is 10.2. The van der Waals surface area contributed by atoms with E-state index < -0.39 is 0 Å². The van der Waals surface area contributed by atoms with Crippen molar-refractivity contribution in [2.75, 3.05) is 25.4 Å². The lowest BCUT2D eigenvalue weighted by Crippen LogP contribution is -2.32. The number of nitrogens with two attached hydrogens (primary N) is 1. The maximum atomic E-state index is 6.08. The molecule has 1 aromatic rings. The third-order valence-corrected chi connectivity index (χ3v) is 3.98. The van der Waals surface area contributed by atoms with E-state index in [-0.39, 0.29) is 0 Å². The molecule has 2 heterocycles. The van der Waals surface area contributed by atoms with E-state index in [1.54, 1.807) is 0 Å². The number of likely N-dealkylation sites (N-methyl/N-ethyl adjacent to an activating group) is 1. The van der Waals surface area contributed by atoms with Crippen LogP contribution in [0.4, 0.5) is 5.69 Å². The van der Waals surface area contributed by atoms with Crippen molar-refractivity contribution >= 4 is 5.69 Å². The normalized spacial score (nSPS) is 19.3. The smallest absolute Gasteiger partial charge is 0.0702 e. The summed E-state index contributed by atoms with van der Waals surface area (Å²) in [6.07, 6.45) is 4.64. The van der Waals surface area contributed by atoms with Crippen LogP contribution in [0, 0.1) is 13.8 Å². The molecule has 1 fully saturated rings. The van der Waals surface area contributed by atoms with Gasteiger partial charge in [0.15, 0.2) is 0 Å². The van der Waals surface area contributed by atoms with Gasteiger partial charge in [-0.25, -0.2) is 0 Å². The molecule has 0 saturated carbocycles. The van der Waals surface area contributed by atoms with E-state index in [0.29, 0.717) is 6.10 Å². The first-order chi connectivity index (χ1) is 9.11. The molecule has 1 aliphatic rings. The highest BCUT2D eigenvalue weighted by Crippen LogP contribution is 2.20. The summed E-state index contributed by atoms with van der Waals surface area (Å²) in [5.74, 6) is 0. The lowest BCUT2D eigenvalue weighted by Gasteiger charge is -2.24. The van der Waals surface area contributed by atoms with Gasteiger partial charge in [-0.3, -0.25) is 9.88 Å². The number of anilines is 1. The van der Waals surface area contributed by atoms with Crippen LogP contribution in [-0.4, -0.2) is 35.7 Å². The number of rotatable bonds is 5. The highest BCUT2D eigenvalue weighted by molar-refractivity contribution is 5.53. The molecule has 1 unspecified atom stereocenters. The molecule has 0 radical (unpaired) electrons. The van der Waals surface area contributed by atoms with Crippen molar-refractivity contribution in [2.45, 2.75) is 46.3 Å². The number of nitrogen functional groups attached to an aromatic ring is 1. The quantitative estimate of drug-likeness (QED) is 0.885. The van der Waals surface area contributed by atoms with Crippen LogP contribution in [0.25, 0.3) is 0 Å². The van der Waals surface area contributed by atoms with Gasteiger partial charge in [-0.2, -0.15) is 0 Å². The predicted molar refractivity (Wildman–Crippen MR) is 78.0 cm³/mol. The highest BCUT2D eigenvalue weighted by atomic mass is 16.5. The number of pyridine rings is 1. The number of aromatic nitrogens is 1. The molecule has 19 heavy (non-hydrogen) atoms. The van der Waals surface area contributed by atoms with Gasteiger partial charge < -0.3 is 10.5 Å². The van der Waals surface area contributed by atoms with Gasteiger partial charge in [0.2, 0.25) is 0 Å². The summed E-state index contributed by atoms with van der Waals surface area (Å²) < 4.78 is 5.71. The summed E-state index contributed by atoms with van der Waals surface area (Å²) in [6.45, 7) is 10.0. The Labute approximate surface area is 116 Å². The summed E-state index contributed by atoms with van der Waals surface area (Å²) in [4.78, 5) is 6.93. The minimum absolute atomic E-state index is 0.392. The molecular formula is C15H25N3O. The largest absolute Gasteiger partial charge is 0.398 e. The first-order valence-electron chi connectivity index (χ1n) is 7.16. The molecule has 1 aliphatic heterocycles. The SMILES string of the molecule is CCN(Cc1ncc(C)c(N)c1C)CC1CCCO1. The van der Waals surface area contributed by atoms with Crippen molar-refractivity contribution in [3.05, 3.63) is 23.0 Å². The van der Waals surface area contributed by atoms with E-state index in [4.69, 9.17) is 10.5 Å². The van der Waals surface area contributed by atoms with Gasteiger partial charge in [-0.05, 0) is 44.4 Å². The van der Waals surface area contributed by atoms with Gasteiger partial charge in [0.1, 0.15) is 0 Å². The van der Waals surface area contributed by atoms with Crippen LogP contribution < -0.4 is 5.73 Å². The molecular weight excluding hydrogens is 238 g/mol. The van der Waals surface area contributed by atoms with Gasteiger partial charge in [0, 0.05) is 31.6 Å². The van der Waals surface area contributed by atoms with Gasteiger partial charge in [-0.1, -0.05) is 6.92 Å². The highest BCUT2D eigenvalue weighted by Gasteiger charge is 2.19. The molecule has 0 aliphatic carbocycles. The molecule has 0 amide bonds. The van der Waals surface area contributed by atoms with E-state index in [1.807, 2.05) is 13.1 Å². The van der Waals surface area contributed by atoms with Gasteiger partial charge in [0.05, 0.1) is 11.8 Å². The van der Waals surface area contributed by atoms with Crippen LogP contribution in [0.1, 0.15) is 36.6 Å². The summed E-state index contributed by atoms with van der Waals surface area (Å²) in [6, 6.07) is 0. The molecule has 0 bridgehead atoms. The fourth-order valence-electron chi connectivity index (χ4n) is 2.55. The third kappa shape index (κ3) is 3.45. The standard InChI is InChI=1S/C15H25N3O/c1-4-18(9-13-6-5-7-19-13)10-14-12(3)15(16)11(2)8-17-14/h8,13H,4-7,9-10H2,1-3H3,(H2,16,17).